The monoisotopic (exact) mass is 616 g/mol. The number of rotatable bonds is 9. The Morgan fingerprint density at radius 2 is 1.76 bits per heavy atom. The second-order valence-electron chi connectivity index (χ2n) is 13.6. The summed E-state index contributed by atoms with van der Waals surface area (Å²) in [5, 5.41) is 3.05. The number of aromatic nitrogens is 3. The van der Waals surface area contributed by atoms with Crippen molar-refractivity contribution >= 4 is 11.9 Å². The summed E-state index contributed by atoms with van der Waals surface area (Å²) in [7, 11) is 0. The molecule has 1 aromatic carbocycles. The van der Waals surface area contributed by atoms with Gasteiger partial charge in [-0.15, -0.1) is 0 Å². The Hall–Kier alpha value is -3.79. The molecule has 3 heterocycles. The largest absolute Gasteiger partial charge is 0.451 e. The molecule has 0 radical (unpaired) electrons. The molecular formula is C35H45FN6O3. The lowest BCUT2D eigenvalue weighted by Crippen LogP contribution is -2.47. The van der Waals surface area contributed by atoms with Crippen LogP contribution in [0.5, 0.6) is 11.5 Å². The second kappa shape index (κ2) is 13.7. The van der Waals surface area contributed by atoms with Crippen LogP contribution in [0.1, 0.15) is 77.3 Å². The van der Waals surface area contributed by atoms with E-state index >= 15 is 0 Å². The minimum absolute atomic E-state index is 0.208. The van der Waals surface area contributed by atoms with Gasteiger partial charge in [0, 0.05) is 55.5 Å². The molecule has 3 aliphatic rings. The Morgan fingerprint density at radius 1 is 0.978 bits per heavy atom. The summed E-state index contributed by atoms with van der Waals surface area (Å²) in [5.41, 5.74) is 2.13. The Kier molecular flexibility index (Phi) is 9.49. The van der Waals surface area contributed by atoms with Crippen LogP contribution in [-0.2, 0) is 4.74 Å². The highest BCUT2D eigenvalue weighted by Crippen LogP contribution is 2.46. The average molecular weight is 617 g/mol. The third-order valence-electron chi connectivity index (χ3n) is 9.01. The van der Waals surface area contributed by atoms with E-state index in [1.165, 1.54) is 18.6 Å². The topological polar surface area (TPSA) is 92.7 Å². The van der Waals surface area contributed by atoms with Gasteiger partial charge < -0.3 is 19.7 Å². The third-order valence-corrected chi connectivity index (χ3v) is 9.01. The molecule has 2 aromatic heterocycles. The molecule has 1 amide bonds. The summed E-state index contributed by atoms with van der Waals surface area (Å²) < 4.78 is 26.4. The van der Waals surface area contributed by atoms with Crippen molar-refractivity contribution in [3.63, 3.8) is 0 Å². The van der Waals surface area contributed by atoms with E-state index in [4.69, 9.17) is 9.47 Å². The molecule has 0 spiro atoms. The lowest BCUT2D eigenvalue weighted by Gasteiger charge is -2.37. The maximum absolute atomic E-state index is 14.5. The van der Waals surface area contributed by atoms with Crippen LogP contribution in [0.25, 0.3) is 11.1 Å². The molecule has 1 aliphatic heterocycles. The zero-order valence-electron chi connectivity index (χ0n) is 26.7. The number of amides is 1. The van der Waals surface area contributed by atoms with Crippen molar-refractivity contribution in [2.24, 2.45) is 5.92 Å². The zero-order valence-corrected chi connectivity index (χ0v) is 26.7. The molecule has 1 N–H and O–H groups in total. The van der Waals surface area contributed by atoms with Gasteiger partial charge in [-0.2, -0.15) is 0 Å². The molecule has 0 unspecified atom stereocenters. The predicted octanol–water partition coefficient (Wildman–Crippen LogP) is 6.94. The molecule has 6 rings (SSSR count). The van der Waals surface area contributed by atoms with Crippen LogP contribution in [0.15, 0.2) is 49.1 Å². The molecule has 2 saturated carbocycles. The summed E-state index contributed by atoms with van der Waals surface area (Å²) in [5.74, 6) is 2.68. The van der Waals surface area contributed by atoms with Gasteiger partial charge >= 0.3 is 6.09 Å². The number of alkyl carbamates (subject to hydrolysis) is 1. The number of carbonyl (C=O) groups is 1. The molecule has 240 valence electrons. The number of benzene rings is 1. The van der Waals surface area contributed by atoms with Crippen LogP contribution in [0.4, 0.5) is 15.0 Å². The zero-order chi connectivity index (χ0) is 31.4. The molecule has 3 aromatic rings. The summed E-state index contributed by atoms with van der Waals surface area (Å²) in [6.07, 6.45) is 12.4. The van der Waals surface area contributed by atoms with Gasteiger partial charge in [-0.05, 0) is 102 Å². The summed E-state index contributed by atoms with van der Waals surface area (Å²) in [4.78, 5) is 30.4. The SMILES string of the molecule is CC(C)(C)OC(=O)NC1CCC(CCN2CCN(c3ncncc3Oc3ccc(F)cc3-c3cccnc3C3CC3)CC2)CC1. The Labute approximate surface area is 265 Å². The van der Waals surface area contributed by atoms with Crippen molar-refractivity contribution in [2.75, 3.05) is 37.6 Å². The Balaban J connectivity index is 1.02. The smallest absolute Gasteiger partial charge is 0.407 e. The number of anilines is 1. The highest BCUT2D eigenvalue weighted by molar-refractivity contribution is 5.74. The van der Waals surface area contributed by atoms with Gasteiger partial charge in [0.25, 0.3) is 0 Å². The van der Waals surface area contributed by atoms with Gasteiger partial charge in [-0.3, -0.25) is 9.88 Å². The number of pyridine rings is 1. The molecule has 3 fully saturated rings. The normalized spacial score (nSPS) is 20.9. The molecule has 45 heavy (non-hydrogen) atoms. The van der Waals surface area contributed by atoms with Gasteiger partial charge in [-0.25, -0.2) is 19.2 Å². The Bertz CT molecular complexity index is 1460. The van der Waals surface area contributed by atoms with E-state index in [0.717, 1.165) is 88.3 Å². The first-order valence-corrected chi connectivity index (χ1v) is 16.4. The van der Waals surface area contributed by atoms with Crippen LogP contribution in [0.3, 0.4) is 0 Å². The Morgan fingerprint density at radius 3 is 2.49 bits per heavy atom. The van der Waals surface area contributed by atoms with E-state index in [2.05, 4.69) is 30.1 Å². The fourth-order valence-corrected chi connectivity index (χ4v) is 6.49. The number of nitrogens with one attached hydrogen (secondary N) is 1. The number of halogens is 1. The second-order valence-corrected chi connectivity index (χ2v) is 13.6. The number of nitrogens with zero attached hydrogens (tertiary/aromatic N) is 5. The first-order valence-electron chi connectivity index (χ1n) is 16.4. The fraction of sp³-hybridized carbons (Fsp3) is 0.543. The highest BCUT2D eigenvalue weighted by Gasteiger charge is 2.30. The molecular weight excluding hydrogens is 571 g/mol. The number of ether oxygens (including phenoxy) is 2. The van der Waals surface area contributed by atoms with Crippen molar-refractivity contribution < 1.29 is 18.7 Å². The van der Waals surface area contributed by atoms with Crippen LogP contribution in [-0.4, -0.2) is 70.3 Å². The van der Waals surface area contributed by atoms with Crippen LogP contribution in [0, 0.1) is 11.7 Å². The van der Waals surface area contributed by atoms with Crippen LogP contribution in [0.2, 0.25) is 0 Å². The van der Waals surface area contributed by atoms with E-state index in [1.807, 2.05) is 32.9 Å². The first-order chi connectivity index (χ1) is 21.7. The lowest BCUT2D eigenvalue weighted by molar-refractivity contribution is 0.0485. The molecule has 0 atom stereocenters. The molecule has 9 nitrogen and oxygen atoms in total. The number of hydrogen-bond acceptors (Lipinski definition) is 8. The van der Waals surface area contributed by atoms with E-state index in [0.29, 0.717) is 28.9 Å². The van der Waals surface area contributed by atoms with E-state index in [9.17, 15) is 9.18 Å². The minimum Gasteiger partial charge on any atom is -0.451 e. The highest BCUT2D eigenvalue weighted by atomic mass is 19.1. The van der Waals surface area contributed by atoms with Gasteiger partial charge in [-0.1, -0.05) is 6.07 Å². The molecule has 1 saturated heterocycles. The maximum atomic E-state index is 14.5. The fourth-order valence-electron chi connectivity index (χ4n) is 6.49. The predicted molar refractivity (Wildman–Crippen MR) is 172 cm³/mol. The molecule has 2 aliphatic carbocycles. The average Bonchev–Trinajstić information content (AvgIpc) is 3.87. The van der Waals surface area contributed by atoms with Crippen molar-refractivity contribution in [3.05, 3.63) is 60.6 Å². The van der Waals surface area contributed by atoms with Crippen molar-refractivity contribution in [2.45, 2.75) is 83.3 Å². The van der Waals surface area contributed by atoms with Crippen molar-refractivity contribution in [1.29, 1.82) is 0 Å². The standard InChI is InChI=1S/C35H45FN6O3/c1-35(2,3)45-34(43)40-27-11-6-24(7-12-27)14-16-41-17-19-42(20-18-41)33-31(22-37-23-39-33)44-30-13-10-26(36)21-29(30)28-5-4-15-38-32(28)25-8-9-25/h4-5,10,13,15,21-25,27H,6-9,11-12,14,16-20H2,1-3H3,(H,40,43). The maximum Gasteiger partial charge on any atom is 0.407 e. The number of piperazine rings is 1. The lowest BCUT2D eigenvalue weighted by atomic mass is 9.84. The summed E-state index contributed by atoms with van der Waals surface area (Å²) >= 11 is 0. The molecule has 0 bridgehead atoms. The number of hydrogen-bond donors (Lipinski definition) is 1. The summed E-state index contributed by atoms with van der Waals surface area (Å²) in [6.45, 7) is 10.3. The molecule has 10 heteroatoms. The van der Waals surface area contributed by atoms with Gasteiger partial charge in [0.1, 0.15) is 23.5 Å². The van der Waals surface area contributed by atoms with Crippen LogP contribution >= 0.6 is 0 Å². The third kappa shape index (κ3) is 8.28. The van der Waals surface area contributed by atoms with Gasteiger partial charge in [0.15, 0.2) is 11.6 Å². The van der Waals surface area contributed by atoms with E-state index in [-0.39, 0.29) is 18.0 Å². The minimum atomic E-state index is -0.473. The van der Waals surface area contributed by atoms with Crippen molar-refractivity contribution in [3.8, 4) is 22.6 Å². The van der Waals surface area contributed by atoms with Crippen LogP contribution < -0.4 is 15.0 Å². The number of carbonyl (C=O) groups excluding carboxylic acids is 1. The van der Waals surface area contributed by atoms with Gasteiger partial charge in [0.2, 0.25) is 0 Å². The van der Waals surface area contributed by atoms with E-state index in [1.54, 1.807) is 24.8 Å². The van der Waals surface area contributed by atoms with E-state index < -0.39 is 5.60 Å². The van der Waals surface area contributed by atoms with Crippen molar-refractivity contribution in [1.82, 2.24) is 25.2 Å². The van der Waals surface area contributed by atoms with Gasteiger partial charge in [0.05, 0.1) is 11.9 Å². The summed E-state index contributed by atoms with van der Waals surface area (Å²) in [6, 6.07) is 8.74. The first kappa shape index (κ1) is 31.2. The quantitative estimate of drug-likeness (QED) is 0.276.